The third kappa shape index (κ3) is 3.44. The van der Waals surface area contributed by atoms with Crippen LogP contribution in [0.2, 0.25) is 0 Å². The highest BCUT2D eigenvalue weighted by atomic mass is 19.1. The van der Waals surface area contributed by atoms with Crippen molar-refractivity contribution in [3.05, 3.63) is 59.0 Å². The van der Waals surface area contributed by atoms with Crippen molar-refractivity contribution in [1.29, 1.82) is 0 Å². The lowest BCUT2D eigenvalue weighted by atomic mass is 10.1. The second-order valence-corrected chi connectivity index (χ2v) is 6.90. The lowest BCUT2D eigenvalue weighted by Crippen LogP contribution is -2.43. The van der Waals surface area contributed by atoms with Crippen molar-refractivity contribution in [2.24, 2.45) is 0 Å². The number of halogens is 1. The molecule has 0 bridgehead atoms. The maximum atomic E-state index is 13.1. The number of aromatic amines is 1. The summed E-state index contributed by atoms with van der Waals surface area (Å²) in [5, 5.41) is 19.6. The molecule has 0 spiro atoms. The number of carbonyl (C=O) groups is 2. The van der Waals surface area contributed by atoms with Gasteiger partial charge in [-0.05, 0) is 48.7 Å². The molecule has 0 unspecified atom stereocenters. The third-order valence-corrected chi connectivity index (χ3v) is 4.98. The zero-order chi connectivity index (χ0) is 20.6. The summed E-state index contributed by atoms with van der Waals surface area (Å²) in [6, 6.07) is 9.23. The first-order chi connectivity index (χ1) is 13.9. The molecule has 1 saturated carbocycles. The number of nitrogens with zero attached hydrogens (tertiary/aromatic N) is 1. The summed E-state index contributed by atoms with van der Waals surface area (Å²) in [6.45, 7) is 0. The van der Waals surface area contributed by atoms with E-state index >= 15 is 0 Å². The van der Waals surface area contributed by atoms with Crippen LogP contribution in [0, 0.1) is 5.82 Å². The topological polar surface area (TPSA) is 104 Å². The largest absolute Gasteiger partial charge is 0.495 e. The molecule has 1 amide bonds. The summed E-state index contributed by atoms with van der Waals surface area (Å²) < 4.78 is 18.6. The van der Waals surface area contributed by atoms with Gasteiger partial charge in [-0.25, -0.2) is 9.18 Å². The van der Waals surface area contributed by atoms with Crippen LogP contribution in [0.4, 0.5) is 4.39 Å². The number of amides is 1. The fourth-order valence-corrected chi connectivity index (χ4v) is 3.17. The van der Waals surface area contributed by atoms with Crippen LogP contribution in [0.25, 0.3) is 23.1 Å². The Bertz CT molecular complexity index is 1130. The van der Waals surface area contributed by atoms with Crippen molar-refractivity contribution < 1.29 is 23.8 Å². The van der Waals surface area contributed by atoms with E-state index in [1.54, 1.807) is 36.4 Å². The summed E-state index contributed by atoms with van der Waals surface area (Å²) in [7, 11) is 1.44. The average molecular weight is 395 g/mol. The van der Waals surface area contributed by atoms with E-state index in [9.17, 15) is 19.1 Å². The number of aliphatic carboxylic acids is 1. The first kappa shape index (κ1) is 18.7. The molecule has 1 heterocycles. The monoisotopic (exact) mass is 395 g/mol. The number of rotatable bonds is 6. The van der Waals surface area contributed by atoms with Gasteiger partial charge in [-0.1, -0.05) is 18.2 Å². The van der Waals surface area contributed by atoms with Gasteiger partial charge in [0, 0.05) is 0 Å². The second-order valence-electron chi connectivity index (χ2n) is 6.90. The van der Waals surface area contributed by atoms with Crippen molar-refractivity contribution in [2.75, 3.05) is 7.11 Å². The SMILES string of the molecule is COc1c(C(=O)NC2(C(=O)O)CC2)ccc2n[nH]c(/C=C/c3ccc(F)cc3)c12. The normalized spacial score (nSPS) is 14.8. The smallest absolute Gasteiger partial charge is 0.329 e. The highest BCUT2D eigenvalue weighted by molar-refractivity contribution is 6.07. The third-order valence-electron chi connectivity index (χ3n) is 4.98. The maximum absolute atomic E-state index is 13.1. The fourth-order valence-electron chi connectivity index (χ4n) is 3.17. The van der Waals surface area contributed by atoms with Crippen LogP contribution >= 0.6 is 0 Å². The van der Waals surface area contributed by atoms with Gasteiger partial charge in [0.05, 0.1) is 29.3 Å². The molecule has 148 valence electrons. The number of nitrogens with one attached hydrogen (secondary N) is 2. The molecule has 0 aliphatic heterocycles. The van der Waals surface area contributed by atoms with Crippen molar-refractivity contribution >= 4 is 34.9 Å². The van der Waals surface area contributed by atoms with Crippen molar-refractivity contribution in [2.45, 2.75) is 18.4 Å². The Balaban J connectivity index is 1.71. The van der Waals surface area contributed by atoms with Crippen molar-refractivity contribution in [3.8, 4) is 5.75 Å². The molecule has 4 rings (SSSR count). The predicted octanol–water partition coefficient (Wildman–Crippen LogP) is 3.23. The van der Waals surface area contributed by atoms with E-state index < -0.39 is 17.4 Å². The molecule has 7 nitrogen and oxygen atoms in total. The minimum atomic E-state index is -1.20. The highest BCUT2D eigenvalue weighted by Gasteiger charge is 2.52. The molecule has 1 aliphatic rings. The summed E-state index contributed by atoms with van der Waals surface area (Å²) in [4.78, 5) is 24.1. The van der Waals surface area contributed by atoms with Crippen LogP contribution < -0.4 is 10.1 Å². The van der Waals surface area contributed by atoms with E-state index in [2.05, 4.69) is 15.5 Å². The molecular weight excluding hydrogens is 377 g/mol. The number of fused-ring (bicyclic) bond motifs is 1. The number of carboxylic acids is 1. The molecule has 1 aliphatic carbocycles. The molecule has 1 fully saturated rings. The number of H-pyrrole nitrogens is 1. The van der Waals surface area contributed by atoms with Gasteiger partial charge in [0.2, 0.25) is 0 Å². The number of hydrogen-bond donors (Lipinski definition) is 3. The minimum absolute atomic E-state index is 0.227. The molecule has 29 heavy (non-hydrogen) atoms. The van der Waals surface area contributed by atoms with Gasteiger partial charge < -0.3 is 15.2 Å². The Morgan fingerprint density at radius 2 is 1.93 bits per heavy atom. The van der Waals surface area contributed by atoms with Gasteiger partial charge in [-0.2, -0.15) is 5.10 Å². The van der Waals surface area contributed by atoms with Gasteiger partial charge in [0.15, 0.2) is 0 Å². The van der Waals surface area contributed by atoms with Crippen LogP contribution in [0.1, 0.15) is 34.5 Å². The van der Waals surface area contributed by atoms with Crippen molar-refractivity contribution in [3.63, 3.8) is 0 Å². The Hall–Kier alpha value is -3.68. The van der Waals surface area contributed by atoms with Gasteiger partial charge in [0.25, 0.3) is 5.91 Å². The second kappa shape index (κ2) is 7.05. The molecule has 0 atom stereocenters. The molecule has 2 aromatic carbocycles. The van der Waals surface area contributed by atoms with E-state index in [1.165, 1.54) is 19.2 Å². The lowest BCUT2D eigenvalue weighted by molar-refractivity contribution is -0.140. The van der Waals surface area contributed by atoms with Gasteiger partial charge in [-0.3, -0.25) is 9.89 Å². The molecular formula is C21H18FN3O4. The lowest BCUT2D eigenvalue weighted by Gasteiger charge is -2.15. The Labute approximate surface area is 165 Å². The van der Waals surface area contributed by atoms with Crippen LogP contribution in [-0.2, 0) is 4.79 Å². The summed E-state index contributed by atoms with van der Waals surface area (Å²) in [6.07, 6.45) is 4.33. The Morgan fingerprint density at radius 3 is 2.55 bits per heavy atom. The van der Waals surface area contributed by atoms with Crippen LogP contribution in [0.5, 0.6) is 5.75 Å². The van der Waals surface area contributed by atoms with Gasteiger partial charge in [-0.15, -0.1) is 0 Å². The van der Waals surface area contributed by atoms with E-state index in [4.69, 9.17) is 4.74 Å². The number of carbonyl (C=O) groups excluding carboxylic acids is 1. The average Bonchev–Trinajstić information content (AvgIpc) is 3.38. The summed E-state index contributed by atoms with van der Waals surface area (Å²) in [5.74, 6) is -1.58. The van der Waals surface area contributed by atoms with Crippen LogP contribution in [-0.4, -0.2) is 39.8 Å². The predicted molar refractivity (Wildman–Crippen MR) is 105 cm³/mol. The molecule has 3 N–H and O–H groups in total. The Kier molecular flexibility index (Phi) is 4.54. The highest BCUT2D eigenvalue weighted by Crippen LogP contribution is 2.37. The molecule has 8 heteroatoms. The fraction of sp³-hybridized carbons (Fsp3) is 0.190. The number of hydrogen-bond acceptors (Lipinski definition) is 4. The first-order valence-corrected chi connectivity index (χ1v) is 8.98. The first-order valence-electron chi connectivity index (χ1n) is 8.98. The summed E-state index contributed by atoms with van der Waals surface area (Å²) >= 11 is 0. The minimum Gasteiger partial charge on any atom is -0.495 e. The molecule has 0 saturated heterocycles. The number of carboxylic acid groups (broad SMARTS) is 1. The Morgan fingerprint density at radius 1 is 1.21 bits per heavy atom. The van der Waals surface area contributed by atoms with E-state index in [-0.39, 0.29) is 11.4 Å². The quantitative estimate of drug-likeness (QED) is 0.594. The van der Waals surface area contributed by atoms with Crippen LogP contribution in [0.3, 0.4) is 0 Å². The maximum Gasteiger partial charge on any atom is 0.329 e. The van der Waals surface area contributed by atoms with E-state index in [0.717, 1.165) is 5.56 Å². The number of benzene rings is 2. The molecule has 3 aromatic rings. The number of ether oxygens (including phenoxy) is 1. The van der Waals surface area contributed by atoms with Gasteiger partial charge in [0.1, 0.15) is 17.1 Å². The number of methoxy groups -OCH3 is 1. The number of aromatic nitrogens is 2. The molecule has 0 radical (unpaired) electrons. The van der Waals surface area contributed by atoms with Crippen LogP contribution in [0.15, 0.2) is 36.4 Å². The van der Waals surface area contributed by atoms with E-state index in [0.29, 0.717) is 35.2 Å². The zero-order valence-electron chi connectivity index (χ0n) is 15.5. The standard InChI is InChI=1S/C21H18FN3O4/c1-29-18-14(19(26)23-21(10-11-21)20(27)28)7-9-16-17(18)15(24-25-16)8-4-12-2-5-13(22)6-3-12/h2-9H,10-11H2,1H3,(H,23,26)(H,24,25)(H,27,28)/b8-4+. The van der Waals surface area contributed by atoms with Gasteiger partial charge >= 0.3 is 5.97 Å². The molecule has 1 aromatic heterocycles. The van der Waals surface area contributed by atoms with E-state index in [1.807, 2.05) is 0 Å². The van der Waals surface area contributed by atoms with Crippen molar-refractivity contribution in [1.82, 2.24) is 15.5 Å². The zero-order valence-corrected chi connectivity index (χ0v) is 15.5. The summed E-state index contributed by atoms with van der Waals surface area (Å²) in [5.41, 5.74) is 1.02.